The summed E-state index contributed by atoms with van der Waals surface area (Å²) in [6.45, 7) is 0.447. The van der Waals surface area contributed by atoms with Gasteiger partial charge in [0.05, 0.1) is 18.3 Å². The second-order valence-electron chi connectivity index (χ2n) is 4.69. The zero-order chi connectivity index (χ0) is 14.7. The van der Waals surface area contributed by atoms with Crippen LogP contribution in [0.15, 0.2) is 54.7 Å². The van der Waals surface area contributed by atoms with Gasteiger partial charge in [-0.1, -0.05) is 12.1 Å². The second-order valence-corrected chi connectivity index (χ2v) is 4.69. The van der Waals surface area contributed by atoms with Crippen molar-refractivity contribution in [3.8, 4) is 11.5 Å². The summed E-state index contributed by atoms with van der Waals surface area (Å²) in [5.41, 5.74) is 8.43. The smallest absolute Gasteiger partial charge is 0.141 e. The van der Waals surface area contributed by atoms with Gasteiger partial charge in [-0.25, -0.2) is 0 Å². The fraction of sp³-hybridized carbons (Fsp3) is 0.118. The van der Waals surface area contributed by atoms with Gasteiger partial charge in [0.15, 0.2) is 0 Å². The summed E-state index contributed by atoms with van der Waals surface area (Å²) in [4.78, 5) is 4.32. The van der Waals surface area contributed by atoms with Gasteiger partial charge in [-0.15, -0.1) is 0 Å². The number of aromatic nitrogens is 1. The molecule has 1 aromatic heterocycles. The quantitative estimate of drug-likeness (QED) is 0.744. The molecule has 2 N–H and O–H groups in total. The van der Waals surface area contributed by atoms with Crippen molar-refractivity contribution >= 4 is 16.6 Å². The maximum Gasteiger partial charge on any atom is 0.141 e. The molecule has 4 nitrogen and oxygen atoms in total. The first-order chi connectivity index (χ1) is 10.3. The SMILES string of the molecule is COc1ccc(COc2cccc3ncccc23)cc1N. The monoisotopic (exact) mass is 280 g/mol. The molecule has 0 saturated heterocycles. The molecule has 0 spiro atoms. The molecule has 0 aliphatic rings. The molecule has 2 aromatic carbocycles. The average Bonchev–Trinajstić information content (AvgIpc) is 2.53. The van der Waals surface area contributed by atoms with Gasteiger partial charge in [-0.05, 0) is 42.0 Å². The molecular weight excluding hydrogens is 264 g/mol. The number of anilines is 1. The first-order valence-corrected chi connectivity index (χ1v) is 6.67. The Kier molecular flexibility index (Phi) is 3.60. The maximum atomic E-state index is 5.90. The van der Waals surface area contributed by atoms with Crippen LogP contribution in [0.3, 0.4) is 0 Å². The number of hydrogen-bond donors (Lipinski definition) is 1. The van der Waals surface area contributed by atoms with E-state index in [9.17, 15) is 0 Å². The van der Waals surface area contributed by atoms with Crippen LogP contribution >= 0.6 is 0 Å². The molecule has 3 rings (SSSR count). The molecule has 0 radical (unpaired) electrons. The van der Waals surface area contributed by atoms with Gasteiger partial charge >= 0.3 is 0 Å². The maximum absolute atomic E-state index is 5.90. The molecule has 0 atom stereocenters. The Bertz CT molecular complexity index is 766. The Morgan fingerprint density at radius 1 is 1.05 bits per heavy atom. The molecule has 21 heavy (non-hydrogen) atoms. The summed E-state index contributed by atoms with van der Waals surface area (Å²) in [6, 6.07) is 15.4. The van der Waals surface area contributed by atoms with Crippen molar-refractivity contribution < 1.29 is 9.47 Å². The third-order valence-corrected chi connectivity index (χ3v) is 3.29. The number of methoxy groups -OCH3 is 1. The largest absolute Gasteiger partial charge is 0.495 e. The normalized spacial score (nSPS) is 10.5. The molecule has 106 valence electrons. The van der Waals surface area contributed by atoms with Crippen LogP contribution in [0.5, 0.6) is 11.5 Å². The number of hydrogen-bond acceptors (Lipinski definition) is 4. The van der Waals surface area contributed by atoms with E-state index < -0.39 is 0 Å². The van der Waals surface area contributed by atoms with Crippen LogP contribution in [-0.4, -0.2) is 12.1 Å². The summed E-state index contributed by atoms with van der Waals surface area (Å²) < 4.78 is 11.0. The predicted molar refractivity (Wildman–Crippen MR) is 83.5 cm³/mol. The Morgan fingerprint density at radius 2 is 1.95 bits per heavy atom. The fourth-order valence-corrected chi connectivity index (χ4v) is 2.24. The van der Waals surface area contributed by atoms with E-state index in [1.165, 1.54) is 0 Å². The summed E-state index contributed by atoms with van der Waals surface area (Å²) >= 11 is 0. The first-order valence-electron chi connectivity index (χ1n) is 6.67. The van der Waals surface area contributed by atoms with Gasteiger partial charge in [0.25, 0.3) is 0 Å². The summed E-state index contributed by atoms with van der Waals surface area (Å²) in [5, 5.41) is 1.00. The minimum atomic E-state index is 0.447. The second kappa shape index (κ2) is 5.71. The van der Waals surface area contributed by atoms with E-state index in [1.54, 1.807) is 13.3 Å². The van der Waals surface area contributed by atoms with Crippen LogP contribution in [0, 0.1) is 0 Å². The molecule has 0 aliphatic heterocycles. The number of ether oxygens (including phenoxy) is 2. The fourth-order valence-electron chi connectivity index (χ4n) is 2.24. The number of rotatable bonds is 4. The summed E-state index contributed by atoms with van der Waals surface area (Å²) in [7, 11) is 1.60. The summed E-state index contributed by atoms with van der Waals surface area (Å²) in [6.07, 6.45) is 1.77. The highest BCUT2D eigenvalue weighted by Crippen LogP contribution is 2.26. The number of nitrogen functional groups attached to an aromatic ring is 1. The van der Waals surface area contributed by atoms with E-state index in [0.717, 1.165) is 22.2 Å². The lowest BCUT2D eigenvalue weighted by atomic mass is 10.2. The topological polar surface area (TPSA) is 57.4 Å². The minimum absolute atomic E-state index is 0.447. The number of benzene rings is 2. The molecule has 0 unspecified atom stereocenters. The van der Waals surface area contributed by atoms with Gasteiger partial charge in [0.1, 0.15) is 18.1 Å². The van der Waals surface area contributed by atoms with Gasteiger partial charge in [-0.3, -0.25) is 4.98 Å². The van der Waals surface area contributed by atoms with Gasteiger partial charge in [-0.2, -0.15) is 0 Å². The van der Waals surface area contributed by atoms with E-state index in [4.69, 9.17) is 15.2 Å². The van der Waals surface area contributed by atoms with E-state index in [1.807, 2.05) is 48.5 Å². The van der Waals surface area contributed by atoms with E-state index in [2.05, 4.69) is 4.98 Å². The lowest BCUT2D eigenvalue weighted by Gasteiger charge is -2.10. The zero-order valence-electron chi connectivity index (χ0n) is 11.7. The van der Waals surface area contributed by atoms with E-state index in [-0.39, 0.29) is 0 Å². The molecule has 0 fully saturated rings. The van der Waals surface area contributed by atoms with Gasteiger partial charge in [0.2, 0.25) is 0 Å². The highest BCUT2D eigenvalue weighted by Gasteiger charge is 2.04. The molecule has 0 bridgehead atoms. The van der Waals surface area contributed by atoms with E-state index >= 15 is 0 Å². The average molecular weight is 280 g/mol. The van der Waals surface area contributed by atoms with Crippen molar-refractivity contribution in [3.05, 3.63) is 60.3 Å². The Balaban J connectivity index is 1.82. The third kappa shape index (κ3) is 2.74. The van der Waals surface area contributed by atoms with Crippen LogP contribution in [-0.2, 0) is 6.61 Å². The molecule has 4 heteroatoms. The van der Waals surface area contributed by atoms with Crippen LogP contribution in [0.2, 0.25) is 0 Å². The molecule has 0 aliphatic carbocycles. The zero-order valence-corrected chi connectivity index (χ0v) is 11.7. The lowest BCUT2D eigenvalue weighted by molar-refractivity contribution is 0.310. The van der Waals surface area contributed by atoms with E-state index in [0.29, 0.717) is 18.0 Å². The standard InChI is InChI=1S/C17H16N2O2/c1-20-17-8-7-12(10-14(17)18)11-21-16-6-2-5-15-13(16)4-3-9-19-15/h2-10H,11,18H2,1H3. The number of fused-ring (bicyclic) bond motifs is 1. The molecular formula is C17H16N2O2. The predicted octanol–water partition coefficient (Wildman–Crippen LogP) is 3.40. The first kappa shape index (κ1) is 13.2. The number of pyridine rings is 1. The van der Waals surface area contributed by atoms with Crippen LogP contribution < -0.4 is 15.2 Å². The number of nitrogens with two attached hydrogens (primary N) is 1. The van der Waals surface area contributed by atoms with Gasteiger partial charge in [0, 0.05) is 11.6 Å². The highest BCUT2D eigenvalue weighted by atomic mass is 16.5. The van der Waals surface area contributed by atoms with Crippen molar-refractivity contribution in [1.82, 2.24) is 4.98 Å². The van der Waals surface area contributed by atoms with Crippen molar-refractivity contribution in [1.29, 1.82) is 0 Å². The third-order valence-electron chi connectivity index (χ3n) is 3.29. The van der Waals surface area contributed by atoms with Crippen LogP contribution in [0.25, 0.3) is 10.9 Å². The van der Waals surface area contributed by atoms with Gasteiger partial charge < -0.3 is 15.2 Å². The van der Waals surface area contributed by atoms with Crippen LogP contribution in [0.4, 0.5) is 5.69 Å². The minimum Gasteiger partial charge on any atom is -0.495 e. The lowest BCUT2D eigenvalue weighted by Crippen LogP contribution is -1.99. The molecule has 0 amide bonds. The Hall–Kier alpha value is -2.75. The molecule has 3 aromatic rings. The van der Waals surface area contributed by atoms with Crippen molar-refractivity contribution in [3.63, 3.8) is 0 Å². The molecule has 1 heterocycles. The van der Waals surface area contributed by atoms with Crippen molar-refractivity contribution in [2.24, 2.45) is 0 Å². The Morgan fingerprint density at radius 3 is 2.76 bits per heavy atom. The number of nitrogens with zero attached hydrogens (tertiary/aromatic N) is 1. The highest BCUT2D eigenvalue weighted by molar-refractivity contribution is 5.84. The molecule has 0 saturated carbocycles. The van der Waals surface area contributed by atoms with Crippen molar-refractivity contribution in [2.45, 2.75) is 6.61 Å². The summed E-state index contributed by atoms with van der Waals surface area (Å²) in [5.74, 6) is 1.49. The Labute approximate surface area is 123 Å². The van der Waals surface area contributed by atoms with Crippen LogP contribution in [0.1, 0.15) is 5.56 Å². The van der Waals surface area contributed by atoms with Crippen molar-refractivity contribution in [2.75, 3.05) is 12.8 Å².